The van der Waals surface area contributed by atoms with Gasteiger partial charge in [0.15, 0.2) is 0 Å². The maximum absolute atomic E-state index is 11.9. The smallest absolute Gasteiger partial charge is 0.323 e. The van der Waals surface area contributed by atoms with E-state index in [-0.39, 0.29) is 6.42 Å². The van der Waals surface area contributed by atoms with E-state index < -0.39 is 18.6 Å². The van der Waals surface area contributed by atoms with E-state index in [4.69, 9.17) is 5.73 Å². The first-order valence-corrected chi connectivity index (χ1v) is 5.14. The molecule has 5 heteroatoms. The van der Waals surface area contributed by atoms with Crippen LogP contribution in [0.15, 0.2) is 18.2 Å². The summed E-state index contributed by atoms with van der Waals surface area (Å²) >= 11 is 0. The lowest BCUT2D eigenvalue weighted by molar-refractivity contribution is -0.135. The number of rotatable bonds is 4. The van der Waals surface area contributed by atoms with E-state index in [9.17, 15) is 13.2 Å². The number of alkyl halides is 3. The second kappa shape index (κ2) is 5.30. The fraction of sp³-hybridized carbons (Fsp3) is 0.545. The highest BCUT2D eigenvalue weighted by Gasteiger charge is 2.26. The zero-order chi connectivity index (χ0) is 12.2. The number of nitrogens with zero attached hydrogens (tertiary/aromatic N) is 1. The van der Waals surface area contributed by atoms with Gasteiger partial charge < -0.3 is 5.73 Å². The number of nitrogens with two attached hydrogens (primary N) is 1. The Balaban J connectivity index is 2.44. The van der Waals surface area contributed by atoms with Crippen LogP contribution in [0.1, 0.15) is 36.7 Å². The SMILES string of the molecule is Cc1cccc(C(N)CCCC(F)(F)F)n1. The zero-order valence-electron chi connectivity index (χ0n) is 9.09. The normalized spacial score (nSPS) is 13.8. The Labute approximate surface area is 92.7 Å². The third kappa shape index (κ3) is 4.61. The molecule has 1 unspecified atom stereocenters. The molecule has 1 heterocycles. The van der Waals surface area contributed by atoms with Gasteiger partial charge in [-0.15, -0.1) is 0 Å². The quantitative estimate of drug-likeness (QED) is 0.866. The number of pyridine rings is 1. The molecule has 0 bridgehead atoms. The molecule has 1 aromatic heterocycles. The highest BCUT2D eigenvalue weighted by Crippen LogP contribution is 2.24. The van der Waals surface area contributed by atoms with E-state index in [1.165, 1.54) is 0 Å². The number of halogens is 3. The third-order valence-corrected chi connectivity index (χ3v) is 2.27. The Kier molecular flexibility index (Phi) is 4.29. The Morgan fingerprint density at radius 2 is 2.06 bits per heavy atom. The molecule has 0 aromatic carbocycles. The summed E-state index contributed by atoms with van der Waals surface area (Å²) in [6, 6.07) is 4.96. The highest BCUT2D eigenvalue weighted by molar-refractivity contribution is 5.12. The van der Waals surface area contributed by atoms with Crippen molar-refractivity contribution in [3.8, 4) is 0 Å². The lowest BCUT2D eigenvalue weighted by Gasteiger charge is -2.12. The Morgan fingerprint density at radius 3 is 2.62 bits per heavy atom. The second-order valence-corrected chi connectivity index (χ2v) is 3.82. The van der Waals surface area contributed by atoms with E-state index in [1.54, 1.807) is 12.1 Å². The molecule has 0 aliphatic heterocycles. The molecule has 0 radical (unpaired) electrons. The van der Waals surface area contributed by atoms with Gasteiger partial charge >= 0.3 is 6.18 Å². The van der Waals surface area contributed by atoms with Crippen molar-refractivity contribution in [2.24, 2.45) is 5.73 Å². The van der Waals surface area contributed by atoms with E-state index in [1.807, 2.05) is 13.0 Å². The molecule has 1 aromatic rings. The summed E-state index contributed by atoms with van der Waals surface area (Å²) < 4.78 is 35.7. The predicted octanol–water partition coefficient (Wildman–Crippen LogP) is 3.12. The van der Waals surface area contributed by atoms with Gasteiger partial charge in [-0.2, -0.15) is 13.2 Å². The lowest BCUT2D eigenvalue weighted by atomic mass is 10.1. The van der Waals surface area contributed by atoms with E-state index in [2.05, 4.69) is 4.98 Å². The average Bonchev–Trinajstić information content (AvgIpc) is 2.15. The molecule has 90 valence electrons. The van der Waals surface area contributed by atoms with Gasteiger partial charge in [0.2, 0.25) is 0 Å². The molecule has 0 aliphatic carbocycles. The molecule has 2 N–H and O–H groups in total. The van der Waals surface area contributed by atoms with Crippen molar-refractivity contribution in [3.63, 3.8) is 0 Å². The Hall–Kier alpha value is -1.10. The summed E-state index contributed by atoms with van der Waals surface area (Å²) in [6.45, 7) is 1.83. The fourth-order valence-electron chi connectivity index (χ4n) is 1.44. The third-order valence-electron chi connectivity index (χ3n) is 2.27. The number of hydrogen-bond donors (Lipinski definition) is 1. The topological polar surface area (TPSA) is 38.9 Å². The molecule has 0 saturated carbocycles. The largest absolute Gasteiger partial charge is 0.389 e. The van der Waals surface area contributed by atoms with Crippen molar-refractivity contribution in [1.29, 1.82) is 0 Å². The van der Waals surface area contributed by atoms with Gasteiger partial charge in [-0.25, -0.2) is 0 Å². The molecule has 0 aliphatic rings. The summed E-state index contributed by atoms with van der Waals surface area (Å²) in [5.74, 6) is 0. The van der Waals surface area contributed by atoms with Gasteiger partial charge in [0.25, 0.3) is 0 Å². The first-order valence-electron chi connectivity index (χ1n) is 5.14. The van der Waals surface area contributed by atoms with Gasteiger partial charge in [0.05, 0.1) is 5.69 Å². The first-order chi connectivity index (χ1) is 7.38. The monoisotopic (exact) mass is 232 g/mol. The van der Waals surface area contributed by atoms with Crippen LogP contribution in [0.5, 0.6) is 0 Å². The van der Waals surface area contributed by atoms with Gasteiger partial charge in [0.1, 0.15) is 0 Å². The zero-order valence-corrected chi connectivity index (χ0v) is 9.09. The maximum Gasteiger partial charge on any atom is 0.389 e. The van der Waals surface area contributed by atoms with E-state index in [0.29, 0.717) is 12.1 Å². The molecule has 0 amide bonds. The van der Waals surface area contributed by atoms with Crippen molar-refractivity contribution < 1.29 is 13.2 Å². The molecule has 1 atom stereocenters. The van der Waals surface area contributed by atoms with Crippen LogP contribution in [-0.4, -0.2) is 11.2 Å². The minimum atomic E-state index is -4.10. The van der Waals surface area contributed by atoms with Crippen molar-refractivity contribution in [1.82, 2.24) is 4.98 Å². The predicted molar refractivity (Wildman–Crippen MR) is 55.8 cm³/mol. The van der Waals surface area contributed by atoms with Crippen LogP contribution in [0, 0.1) is 6.92 Å². The van der Waals surface area contributed by atoms with Crippen LogP contribution in [0.2, 0.25) is 0 Å². The van der Waals surface area contributed by atoms with Crippen molar-refractivity contribution in [2.75, 3.05) is 0 Å². The van der Waals surface area contributed by atoms with Gasteiger partial charge in [-0.3, -0.25) is 4.98 Å². The molecular weight excluding hydrogens is 217 g/mol. The van der Waals surface area contributed by atoms with Gasteiger partial charge in [-0.1, -0.05) is 6.07 Å². The van der Waals surface area contributed by atoms with Crippen LogP contribution in [-0.2, 0) is 0 Å². The number of hydrogen-bond acceptors (Lipinski definition) is 2. The maximum atomic E-state index is 11.9. The minimum Gasteiger partial charge on any atom is -0.323 e. The van der Waals surface area contributed by atoms with Crippen molar-refractivity contribution in [3.05, 3.63) is 29.6 Å². The minimum absolute atomic E-state index is 0.0420. The molecular formula is C11H15F3N2. The number of aromatic nitrogens is 1. The molecule has 2 nitrogen and oxygen atoms in total. The summed E-state index contributed by atoms with van der Waals surface area (Å²) in [6.07, 6.45) is -4.54. The standard InChI is InChI=1S/C11H15F3N2/c1-8-4-2-6-10(16-8)9(15)5-3-7-11(12,13)14/h2,4,6,9H,3,5,7,15H2,1H3. The summed E-state index contributed by atoms with van der Waals surface area (Å²) in [5.41, 5.74) is 7.24. The van der Waals surface area contributed by atoms with Gasteiger partial charge in [-0.05, 0) is 31.9 Å². The van der Waals surface area contributed by atoms with Crippen molar-refractivity contribution >= 4 is 0 Å². The second-order valence-electron chi connectivity index (χ2n) is 3.82. The van der Waals surface area contributed by atoms with Crippen LogP contribution in [0.4, 0.5) is 13.2 Å². The lowest BCUT2D eigenvalue weighted by Crippen LogP contribution is -2.14. The van der Waals surface area contributed by atoms with Crippen molar-refractivity contribution in [2.45, 2.75) is 38.4 Å². The molecule has 0 spiro atoms. The fourth-order valence-corrected chi connectivity index (χ4v) is 1.44. The molecule has 0 saturated heterocycles. The van der Waals surface area contributed by atoms with Crippen LogP contribution < -0.4 is 5.73 Å². The summed E-state index contributed by atoms with van der Waals surface area (Å²) in [7, 11) is 0. The Bertz CT molecular complexity index is 336. The summed E-state index contributed by atoms with van der Waals surface area (Å²) in [4.78, 5) is 4.18. The average molecular weight is 232 g/mol. The molecule has 0 fully saturated rings. The van der Waals surface area contributed by atoms with Crippen LogP contribution in [0.25, 0.3) is 0 Å². The molecule has 16 heavy (non-hydrogen) atoms. The van der Waals surface area contributed by atoms with Crippen LogP contribution >= 0.6 is 0 Å². The van der Waals surface area contributed by atoms with Gasteiger partial charge in [0, 0.05) is 18.2 Å². The first kappa shape index (κ1) is 13.0. The number of aryl methyl sites for hydroxylation is 1. The summed E-state index contributed by atoms with van der Waals surface area (Å²) in [5, 5.41) is 0. The Morgan fingerprint density at radius 1 is 1.38 bits per heavy atom. The highest BCUT2D eigenvalue weighted by atomic mass is 19.4. The van der Waals surface area contributed by atoms with E-state index >= 15 is 0 Å². The van der Waals surface area contributed by atoms with Crippen LogP contribution in [0.3, 0.4) is 0 Å². The van der Waals surface area contributed by atoms with E-state index in [0.717, 1.165) is 5.69 Å². The molecule has 1 rings (SSSR count).